The maximum absolute atomic E-state index is 13.0. The lowest BCUT2D eigenvalue weighted by atomic mass is 9.92. The van der Waals surface area contributed by atoms with Gasteiger partial charge in [0, 0.05) is 44.5 Å². The average Bonchev–Trinajstić information content (AvgIpc) is 3.28. The van der Waals surface area contributed by atoms with E-state index < -0.39 is 0 Å². The van der Waals surface area contributed by atoms with Crippen LogP contribution in [0.1, 0.15) is 25.7 Å². The van der Waals surface area contributed by atoms with Gasteiger partial charge >= 0.3 is 0 Å². The Morgan fingerprint density at radius 3 is 2.39 bits per heavy atom. The van der Waals surface area contributed by atoms with Crippen molar-refractivity contribution >= 4 is 17.6 Å². The second-order valence-electron chi connectivity index (χ2n) is 7.51. The Morgan fingerprint density at radius 2 is 1.75 bits per heavy atom. The van der Waals surface area contributed by atoms with Crippen molar-refractivity contribution in [3.63, 3.8) is 0 Å². The zero-order valence-electron chi connectivity index (χ0n) is 15.8. The number of anilines is 1. The summed E-state index contributed by atoms with van der Waals surface area (Å²) in [4.78, 5) is 32.3. The van der Waals surface area contributed by atoms with E-state index in [2.05, 4.69) is 20.1 Å². The van der Waals surface area contributed by atoms with Gasteiger partial charge in [-0.25, -0.2) is 4.98 Å². The SMILES string of the molecule is NC(=O)C1CCN(C(=O)C2CCCN(c3ccc(-n4ccnc4)nn3)C2)CC1. The number of primary amides is 1. The van der Waals surface area contributed by atoms with Crippen molar-refractivity contribution in [2.75, 3.05) is 31.1 Å². The van der Waals surface area contributed by atoms with Crippen molar-refractivity contribution in [3.8, 4) is 5.82 Å². The minimum atomic E-state index is -0.256. The predicted octanol–water partition coefficient (Wildman–Crippen LogP) is 0.603. The van der Waals surface area contributed by atoms with E-state index in [1.54, 1.807) is 17.1 Å². The van der Waals surface area contributed by atoms with Crippen LogP contribution in [0.15, 0.2) is 30.9 Å². The number of carbonyl (C=O) groups excluding carboxylic acids is 2. The summed E-state index contributed by atoms with van der Waals surface area (Å²) in [5, 5.41) is 8.62. The molecule has 2 aliphatic rings. The highest BCUT2D eigenvalue weighted by molar-refractivity contribution is 5.81. The Kier molecular flexibility index (Phi) is 5.23. The largest absolute Gasteiger partial charge is 0.369 e. The Labute approximate surface area is 163 Å². The molecule has 2 aromatic rings. The fraction of sp³-hybridized carbons (Fsp3) is 0.526. The molecular weight excluding hydrogens is 358 g/mol. The quantitative estimate of drug-likeness (QED) is 0.828. The van der Waals surface area contributed by atoms with Crippen LogP contribution in [0.2, 0.25) is 0 Å². The van der Waals surface area contributed by atoms with Gasteiger partial charge in [0.2, 0.25) is 11.8 Å². The van der Waals surface area contributed by atoms with Crippen LogP contribution in [0.4, 0.5) is 5.82 Å². The molecule has 4 rings (SSSR count). The molecule has 0 aliphatic carbocycles. The van der Waals surface area contributed by atoms with Crippen molar-refractivity contribution in [3.05, 3.63) is 30.9 Å². The number of hydrogen-bond donors (Lipinski definition) is 1. The Morgan fingerprint density at radius 1 is 1.00 bits per heavy atom. The number of hydrogen-bond acceptors (Lipinski definition) is 6. The van der Waals surface area contributed by atoms with Crippen molar-refractivity contribution in [2.24, 2.45) is 17.6 Å². The fourth-order valence-corrected chi connectivity index (χ4v) is 4.05. The number of rotatable bonds is 4. The minimum Gasteiger partial charge on any atom is -0.369 e. The molecule has 2 N–H and O–H groups in total. The van der Waals surface area contributed by atoms with Crippen molar-refractivity contribution < 1.29 is 9.59 Å². The molecule has 1 unspecified atom stereocenters. The van der Waals surface area contributed by atoms with Gasteiger partial charge in [0.1, 0.15) is 6.33 Å². The maximum atomic E-state index is 13.0. The van der Waals surface area contributed by atoms with Crippen LogP contribution in [0.3, 0.4) is 0 Å². The lowest BCUT2D eigenvalue weighted by Crippen LogP contribution is -2.48. The van der Waals surface area contributed by atoms with Gasteiger partial charge in [-0.3, -0.25) is 14.2 Å². The van der Waals surface area contributed by atoms with E-state index in [4.69, 9.17) is 5.73 Å². The van der Waals surface area contributed by atoms with Gasteiger partial charge in [-0.05, 0) is 37.8 Å². The van der Waals surface area contributed by atoms with Crippen LogP contribution in [0.25, 0.3) is 5.82 Å². The molecule has 148 valence electrons. The lowest BCUT2D eigenvalue weighted by Gasteiger charge is -2.37. The molecule has 0 bridgehead atoms. The topological polar surface area (TPSA) is 110 Å². The zero-order valence-corrected chi connectivity index (χ0v) is 15.8. The van der Waals surface area contributed by atoms with Gasteiger partial charge in [0.05, 0.1) is 5.92 Å². The summed E-state index contributed by atoms with van der Waals surface area (Å²) >= 11 is 0. The first kappa shape index (κ1) is 18.4. The summed E-state index contributed by atoms with van der Waals surface area (Å²) in [6.07, 6.45) is 8.35. The highest BCUT2D eigenvalue weighted by Gasteiger charge is 2.33. The summed E-state index contributed by atoms with van der Waals surface area (Å²) in [7, 11) is 0. The molecule has 0 radical (unpaired) electrons. The van der Waals surface area contributed by atoms with E-state index in [-0.39, 0.29) is 23.7 Å². The second kappa shape index (κ2) is 7.95. The van der Waals surface area contributed by atoms with Crippen molar-refractivity contribution in [1.82, 2.24) is 24.6 Å². The first-order valence-corrected chi connectivity index (χ1v) is 9.77. The third-order valence-corrected chi connectivity index (χ3v) is 5.71. The van der Waals surface area contributed by atoms with Gasteiger partial charge in [-0.2, -0.15) is 0 Å². The Balaban J connectivity index is 1.38. The first-order valence-electron chi connectivity index (χ1n) is 9.77. The van der Waals surface area contributed by atoms with E-state index in [1.807, 2.05) is 23.2 Å². The van der Waals surface area contributed by atoms with E-state index in [0.717, 1.165) is 25.2 Å². The molecule has 9 nitrogen and oxygen atoms in total. The first-order chi connectivity index (χ1) is 13.6. The normalized spacial score (nSPS) is 20.9. The number of amides is 2. The van der Waals surface area contributed by atoms with E-state index in [0.29, 0.717) is 38.3 Å². The van der Waals surface area contributed by atoms with E-state index >= 15 is 0 Å². The Hall–Kier alpha value is -2.97. The van der Waals surface area contributed by atoms with Gasteiger partial charge < -0.3 is 15.5 Å². The number of aromatic nitrogens is 4. The number of imidazole rings is 1. The molecule has 0 aromatic carbocycles. The lowest BCUT2D eigenvalue weighted by molar-refractivity contribution is -0.138. The average molecular weight is 383 g/mol. The third-order valence-electron chi connectivity index (χ3n) is 5.71. The number of likely N-dealkylation sites (tertiary alicyclic amines) is 1. The Bertz CT molecular complexity index is 813. The van der Waals surface area contributed by atoms with Crippen molar-refractivity contribution in [2.45, 2.75) is 25.7 Å². The molecule has 28 heavy (non-hydrogen) atoms. The number of carbonyl (C=O) groups is 2. The van der Waals surface area contributed by atoms with E-state index in [9.17, 15) is 9.59 Å². The number of nitrogens with zero attached hydrogens (tertiary/aromatic N) is 6. The molecule has 9 heteroatoms. The third kappa shape index (κ3) is 3.83. The van der Waals surface area contributed by atoms with Crippen LogP contribution < -0.4 is 10.6 Å². The zero-order chi connectivity index (χ0) is 19.5. The van der Waals surface area contributed by atoms with Crippen LogP contribution in [-0.2, 0) is 9.59 Å². The smallest absolute Gasteiger partial charge is 0.227 e. The molecule has 2 saturated heterocycles. The molecule has 2 fully saturated rings. The van der Waals surface area contributed by atoms with Gasteiger partial charge in [0.15, 0.2) is 11.6 Å². The highest BCUT2D eigenvalue weighted by Crippen LogP contribution is 2.25. The van der Waals surface area contributed by atoms with Gasteiger partial charge in [-0.15, -0.1) is 10.2 Å². The number of piperidine rings is 2. The van der Waals surface area contributed by atoms with Crippen molar-refractivity contribution in [1.29, 1.82) is 0 Å². The highest BCUT2D eigenvalue weighted by atomic mass is 16.2. The standard InChI is InChI=1S/C19H25N7O2/c20-18(27)14-5-9-24(10-6-14)19(28)15-2-1-8-25(12-15)16-3-4-17(23-22-16)26-11-7-21-13-26/h3-4,7,11,13-15H,1-2,5-6,8-10,12H2,(H2,20,27). The van der Waals surface area contributed by atoms with Crippen LogP contribution in [0.5, 0.6) is 0 Å². The molecule has 0 spiro atoms. The van der Waals surface area contributed by atoms with Crippen LogP contribution in [0, 0.1) is 11.8 Å². The minimum absolute atomic E-state index is 0.0472. The predicted molar refractivity (Wildman–Crippen MR) is 103 cm³/mol. The van der Waals surface area contributed by atoms with Crippen LogP contribution >= 0.6 is 0 Å². The summed E-state index contributed by atoms with van der Waals surface area (Å²) in [6.45, 7) is 2.74. The maximum Gasteiger partial charge on any atom is 0.227 e. The molecule has 2 aromatic heterocycles. The molecule has 2 amide bonds. The monoisotopic (exact) mass is 383 g/mol. The summed E-state index contributed by atoms with van der Waals surface area (Å²) < 4.78 is 1.80. The fourth-order valence-electron chi connectivity index (χ4n) is 4.05. The van der Waals surface area contributed by atoms with Gasteiger partial charge in [-0.1, -0.05) is 0 Å². The molecule has 1 atom stereocenters. The summed E-state index contributed by atoms with van der Waals surface area (Å²) in [6, 6.07) is 3.84. The van der Waals surface area contributed by atoms with Crippen LogP contribution in [-0.4, -0.2) is 62.6 Å². The second-order valence-corrected chi connectivity index (χ2v) is 7.51. The summed E-state index contributed by atoms with van der Waals surface area (Å²) in [5.41, 5.74) is 5.39. The summed E-state index contributed by atoms with van der Waals surface area (Å²) in [5.74, 6) is 1.27. The molecular formula is C19H25N7O2. The molecule has 2 aliphatic heterocycles. The molecule has 4 heterocycles. The van der Waals surface area contributed by atoms with Gasteiger partial charge in [0.25, 0.3) is 0 Å². The van der Waals surface area contributed by atoms with E-state index in [1.165, 1.54) is 0 Å². The number of nitrogens with two attached hydrogens (primary N) is 1. The molecule has 0 saturated carbocycles.